The maximum atomic E-state index is 11.4. The molecule has 2 rings (SSSR count). The van der Waals surface area contributed by atoms with E-state index in [0.717, 1.165) is 0 Å². The molecule has 1 aromatic carbocycles. The van der Waals surface area contributed by atoms with Gasteiger partial charge in [0.05, 0.1) is 12.3 Å². The minimum atomic E-state index is -0.100. The third-order valence-electron chi connectivity index (χ3n) is 2.97. The number of nitrogens with two attached hydrogens (primary N) is 2. The van der Waals surface area contributed by atoms with E-state index < -0.39 is 0 Å². The molecule has 0 spiro atoms. The highest BCUT2D eigenvalue weighted by atomic mass is 16.5. The number of hydrogen-bond acceptors (Lipinski definition) is 5. The first kappa shape index (κ1) is 13.2. The summed E-state index contributed by atoms with van der Waals surface area (Å²) in [6.07, 6.45) is 1.23. The van der Waals surface area contributed by atoms with Gasteiger partial charge in [-0.15, -0.1) is 0 Å². The van der Waals surface area contributed by atoms with Crippen molar-refractivity contribution in [2.75, 3.05) is 24.6 Å². The largest absolute Gasteiger partial charge is 0.491 e. The number of nitrogen functional groups attached to an aromatic ring is 2. The van der Waals surface area contributed by atoms with Crippen LogP contribution in [0.1, 0.15) is 19.3 Å². The van der Waals surface area contributed by atoms with Crippen molar-refractivity contribution in [2.45, 2.75) is 19.3 Å². The average molecular weight is 263 g/mol. The smallest absolute Gasteiger partial charge is 0.229 e. The van der Waals surface area contributed by atoms with Crippen LogP contribution in [0.15, 0.2) is 18.2 Å². The minimum Gasteiger partial charge on any atom is -0.491 e. The predicted octanol–water partition coefficient (Wildman–Crippen LogP) is 0.769. The van der Waals surface area contributed by atoms with E-state index in [0.29, 0.717) is 49.5 Å². The molecule has 1 heterocycles. The van der Waals surface area contributed by atoms with Gasteiger partial charge in [0.15, 0.2) is 0 Å². The topological polar surface area (TPSA) is 98.6 Å². The van der Waals surface area contributed by atoms with Crippen molar-refractivity contribution >= 4 is 23.2 Å². The summed E-state index contributed by atoms with van der Waals surface area (Å²) >= 11 is 0. The van der Waals surface area contributed by atoms with Gasteiger partial charge in [0.25, 0.3) is 0 Å². The van der Waals surface area contributed by atoms with E-state index in [1.54, 1.807) is 18.2 Å². The molecule has 102 valence electrons. The predicted molar refractivity (Wildman–Crippen MR) is 71.3 cm³/mol. The second kappa shape index (κ2) is 5.60. The molecule has 6 heteroatoms. The molecule has 0 saturated carbocycles. The number of likely N-dealkylation sites (tertiary alicyclic amines) is 1. The monoisotopic (exact) mass is 263 g/mol. The third kappa shape index (κ3) is 3.15. The third-order valence-corrected chi connectivity index (χ3v) is 2.97. The molecule has 0 aliphatic carbocycles. The highest BCUT2D eigenvalue weighted by Gasteiger charge is 2.27. The Hall–Kier alpha value is -2.24. The van der Waals surface area contributed by atoms with E-state index in [4.69, 9.17) is 16.2 Å². The molecular weight excluding hydrogens is 246 g/mol. The van der Waals surface area contributed by atoms with Crippen LogP contribution in [0.4, 0.5) is 11.4 Å². The van der Waals surface area contributed by atoms with Gasteiger partial charge < -0.3 is 16.2 Å². The van der Waals surface area contributed by atoms with Crippen LogP contribution in [0.5, 0.6) is 5.75 Å². The first-order valence-corrected chi connectivity index (χ1v) is 6.19. The van der Waals surface area contributed by atoms with Gasteiger partial charge in [0.2, 0.25) is 11.8 Å². The number of benzene rings is 1. The summed E-state index contributed by atoms with van der Waals surface area (Å²) in [5, 5.41) is 0. The number of carbonyl (C=O) groups excluding carboxylic acids is 2. The SMILES string of the molecule is Nc1ccc(OCCCN2C(=O)CCC2=O)c(N)c1. The molecule has 0 aromatic heterocycles. The van der Waals surface area contributed by atoms with Crippen LogP contribution in [0.2, 0.25) is 0 Å². The number of nitrogens with zero attached hydrogens (tertiary/aromatic N) is 1. The number of amides is 2. The van der Waals surface area contributed by atoms with E-state index in [1.807, 2.05) is 0 Å². The summed E-state index contributed by atoms with van der Waals surface area (Å²) in [6.45, 7) is 0.789. The zero-order valence-electron chi connectivity index (χ0n) is 10.6. The lowest BCUT2D eigenvalue weighted by Gasteiger charge is -2.14. The number of ether oxygens (including phenoxy) is 1. The lowest BCUT2D eigenvalue weighted by Crippen LogP contribution is -2.30. The molecule has 0 unspecified atom stereocenters. The van der Waals surface area contributed by atoms with Crippen LogP contribution < -0.4 is 16.2 Å². The number of rotatable bonds is 5. The van der Waals surface area contributed by atoms with Crippen molar-refractivity contribution in [3.05, 3.63) is 18.2 Å². The molecule has 1 saturated heterocycles. The molecule has 0 bridgehead atoms. The second-order valence-corrected chi connectivity index (χ2v) is 4.44. The molecule has 0 atom stereocenters. The van der Waals surface area contributed by atoms with Crippen molar-refractivity contribution in [3.8, 4) is 5.75 Å². The van der Waals surface area contributed by atoms with E-state index in [1.165, 1.54) is 4.90 Å². The maximum absolute atomic E-state index is 11.4. The van der Waals surface area contributed by atoms with E-state index in [-0.39, 0.29) is 11.8 Å². The number of carbonyl (C=O) groups is 2. The summed E-state index contributed by atoms with van der Waals surface area (Å²) in [6, 6.07) is 5.04. The van der Waals surface area contributed by atoms with Crippen LogP contribution in [-0.4, -0.2) is 29.9 Å². The molecular formula is C13H17N3O3. The standard InChI is InChI=1S/C13H17N3O3/c14-9-2-3-11(10(15)8-9)19-7-1-6-16-12(17)4-5-13(16)18/h2-3,8H,1,4-7,14-15H2. The summed E-state index contributed by atoms with van der Waals surface area (Å²) in [5.74, 6) is 0.363. The lowest BCUT2D eigenvalue weighted by atomic mass is 10.2. The Kier molecular flexibility index (Phi) is 3.89. The first-order chi connectivity index (χ1) is 9.08. The zero-order valence-corrected chi connectivity index (χ0v) is 10.6. The van der Waals surface area contributed by atoms with E-state index in [9.17, 15) is 9.59 Å². The van der Waals surface area contributed by atoms with Crippen molar-refractivity contribution in [3.63, 3.8) is 0 Å². The van der Waals surface area contributed by atoms with Crippen LogP contribution in [-0.2, 0) is 9.59 Å². The molecule has 6 nitrogen and oxygen atoms in total. The van der Waals surface area contributed by atoms with Crippen LogP contribution >= 0.6 is 0 Å². The Morgan fingerprint density at radius 2 is 1.84 bits per heavy atom. The minimum absolute atomic E-state index is 0.100. The van der Waals surface area contributed by atoms with Crippen molar-refractivity contribution in [1.29, 1.82) is 0 Å². The van der Waals surface area contributed by atoms with Gasteiger partial charge in [-0.25, -0.2) is 0 Å². The first-order valence-electron chi connectivity index (χ1n) is 6.19. The quantitative estimate of drug-likeness (QED) is 0.464. The average Bonchev–Trinajstić information content (AvgIpc) is 2.68. The Morgan fingerprint density at radius 1 is 1.16 bits per heavy atom. The van der Waals surface area contributed by atoms with Gasteiger partial charge in [-0.2, -0.15) is 0 Å². The molecule has 1 fully saturated rings. The summed E-state index contributed by atoms with van der Waals surface area (Å²) in [5.41, 5.74) is 12.4. The fraction of sp³-hybridized carbons (Fsp3) is 0.385. The Labute approximate surface area is 111 Å². The molecule has 1 aliphatic rings. The summed E-state index contributed by atoms with van der Waals surface area (Å²) in [7, 11) is 0. The molecule has 2 amide bonds. The Morgan fingerprint density at radius 3 is 2.47 bits per heavy atom. The maximum Gasteiger partial charge on any atom is 0.229 e. The Bertz CT molecular complexity index is 486. The van der Waals surface area contributed by atoms with Crippen molar-refractivity contribution in [1.82, 2.24) is 4.90 Å². The van der Waals surface area contributed by atoms with Gasteiger partial charge in [0.1, 0.15) is 5.75 Å². The van der Waals surface area contributed by atoms with Crippen molar-refractivity contribution in [2.24, 2.45) is 0 Å². The number of anilines is 2. The second-order valence-electron chi connectivity index (χ2n) is 4.44. The van der Waals surface area contributed by atoms with Gasteiger partial charge in [-0.1, -0.05) is 0 Å². The molecule has 19 heavy (non-hydrogen) atoms. The Balaban J connectivity index is 1.78. The van der Waals surface area contributed by atoms with Crippen LogP contribution in [0.25, 0.3) is 0 Å². The summed E-state index contributed by atoms with van der Waals surface area (Å²) in [4.78, 5) is 24.0. The molecule has 1 aromatic rings. The fourth-order valence-corrected chi connectivity index (χ4v) is 1.98. The molecule has 1 aliphatic heterocycles. The highest BCUT2D eigenvalue weighted by molar-refractivity contribution is 6.01. The normalized spacial score (nSPS) is 15.1. The highest BCUT2D eigenvalue weighted by Crippen LogP contribution is 2.23. The number of imide groups is 1. The van der Waals surface area contributed by atoms with Gasteiger partial charge in [-0.3, -0.25) is 14.5 Å². The summed E-state index contributed by atoms with van der Waals surface area (Å²) < 4.78 is 5.49. The number of hydrogen-bond donors (Lipinski definition) is 2. The molecule has 0 radical (unpaired) electrons. The zero-order chi connectivity index (χ0) is 13.8. The lowest BCUT2D eigenvalue weighted by molar-refractivity contribution is -0.138. The van der Waals surface area contributed by atoms with E-state index in [2.05, 4.69) is 0 Å². The van der Waals surface area contributed by atoms with E-state index >= 15 is 0 Å². The fourth-order valence-electron chi connectivity index (χ4n) is 1.98. The van der Waals surface area contributed by atoms with Gasteiger partial charge >= 0.3 is 0 Å². The van der Waals surface area contributed by atoms with Gasteiger partial charge in [-0.05, 0) is 24.6 Å². The molecule has 4 N–H and O–H groups in total. The van der Waals surface area contributed by atoms with Crippen molar-refractivity contribution < 1.29 is 14.3 Å². The van der Waals surface area contributed by atoms with Crippen LogP contribution in [0.3, 0.4) is 0 Å². The van der Waals surface area contributed by atoms with Crippen LogP contribution in [0, 0.1) is 0 Å². The van der Waals surface area contributed by atoms with Gasteiger partial charge in [0, 0.05) is 25.1 Å².